The fourth-order valence-corrected chi connectivity index (χ4v) is 6.81. The first kappa shape index (κ1) is 26.2. The molecule has 11 heteroatoms. The fourth-order valence-electron chi connectivity index (χ4n) is 6.81. The summed E-state index contributed by atoms with van der Waals surface area (Å²) < 4.78 is 19.5. The predicted octanol–water partition coefficient (Wildman–Crippen LogP) is 1.11. The number of rotatable bonds is 6. The highest BCUT2D eigenvalue weighted by Gasteiger charge is 2.63. The van der Waals surface area contributed by atoms with Gasteiger partial charge in [0.15, 0.2) is 0 Å². The van der Waals surface area contributed by atoms with Crippen molar-refractivity contribution >= 4 is 23.8 Å². The normalized spacial score (nSPS) is 34.4. The molecule has 2 saturated heterocycles. The molecule has 4 rings (SSSR count). The number of hydrogen-bond acceptors (Lipinski definition) is 6. The third-order valence-corrected chi connectivity index (χ3v) is 8.54. The van der Waals surface area contributed by atoms with Crippen LogP contribution in [0.25, 0.3) is 0 Å². The lowest BCUT2D eigenvalue weighted by atomic mass is 9.77. The maximum atomic E-state index is 14.8. The third kappa shape index (κ3) is 4.74. The first-order valence-electron chi connectivity index (χ1n) is 12.7. The average Bonchev–Trinajstić information content (AvgIpc) is 3.57. The van der Waals surface area contributed by atoms with Crippen molar-refractivity contribution in [1.82, 2.24) is 20.9 Å². The average molecular weight is 506 g/mol. The minimum atomic E-state index is -1.03. The maximum absolute atomic E-state index is 14.8. The van der Waals surface area contributed by atoms with E-state index in [4.69, 9.17) is 4.74 Å². The predicted molar refractivity (Wildman–Crippen MR) is 126 cm³/mol. The molecule has 198 valence electrons. The van der Waals surface area contributed by atoms with Crippen molar-refractivity contribution in [1.29, 1.82) is 5.26 Å². The van der Waals surface area contributed by atoms with E-state index in [2.05, 4.69) is 22.0 Å². The van der Waals surface area contributed by atoms with E-state index in [1.165, 1.54) is 12.0 Å². The van der Waals surface area contributed by atoms with Crippen LogP contribution in [0.2, 0.25) is 0 Å². The number of ether oxygens (including phenoxy) is 1. The molecule has 4 amide bonds. The van der Waals surface area contributed by atoms with E-state index < -0.39 is 47.6 Å². The molecule has 36 heavy (non-hydrogen) atoms. The van der Waals surface area contributed by atoms with Crippen LogP contribution in [0.15, 0.2) is 0 Å². The van der Waals surface area contributed by atoms with E-state index >= 15 is 0 Å². The Morgan fingerprint density at radius 1 is 1.25 bits per heavy atom. The van der Waals surface area contributed by atoms with Gasteiger partial charge in [0.25, 0.3) is 0 Å². The Labute approximate surface area is 210 Å². The van der Waals surface area contributed by atoms with Crippen molar-refractivity contribution in [3.8, 4) is 6.07 Å². The largest absolute Gasteiger partial charge is 0.453 e. The topological polar surface area (TPSA) is 141 Å². The van der Waals surface area contributed by atoms with Crippen LogP contribution in [-0.4, -0.2) is 73.2 Å². The summed E-state index contributed by atoms with van der Waals surface area (Å²) in [5, 5.41) is 17.8. The quantitative estimate of drug-likeness (QED) is 0.494. The molecule has 2 saturated carbocycles. The summed E-state index contributed by atoms with van der Waals surface area (Å²) in [6.45, 7) is 6.24. The van der Waals surface area contributed by atoms with Crippen LogP contribution >= 0.6 is 0 Å². The number of amides is 4. The first-order chi connectivity index (χ1) is 17.0. The summed E-state index contributed by atoms with van der Waals surface area (Å²) in [6.07, 6.45) is 0.104. The van der Waals surface area contributed by atoms with Crippen LogP contribution in [-0.2, 0) is 19.1 Å². The van der Waals surface area contributed by atoms with Gasteiger partial charge in [-0.15, -0.1) is 0 Å². The lowest BCUT2D eigenvalue weighted by Gasteiger charge is -2.37. The van der Waals surface area contributed by atoms with Gasteiger partial charge in [-0.3, -0.25) is 14.4 Å². The SMILES string of the molecule is COC(=O)NC(C(=O)N1CC2C3CC(F)C(C3)C2C1C(=O)NC(C#N)CC1CCNC1=O)C(C)(C)C. The molecule has 2 bridgehead atoms. The van der Waals surface area contributed by atoms with Gasteiger partial charge >= 0.3 is 6.09 Å². The minimum Gasteiger partial charge on any atom is -0.453 e. The highest BCUT2D eigenvalue weighted by atomic mass is 19.1. The van der Waals surface area contributed by atoms with Crippen molar-refractivity contribution in [2.75, 3.05) is 20.2 Å². The highest BCUT2D eigenvalue weighted by Crippen LogP contribution is 2.58. The lowest BCUT2D eigenvalue weighted by molar-refractivity contribution is -0.143. The molecule has 4 aliphatic rings. The second-order valence-corrected chi connectivity index (χ2v) is 11.7. The van der Waals surface area contributed by atoms with Crippen LogP contribution in [0.1, 0.15) is 46.5 Å². The van der Waals surface area contributed by atoms with E-state index in [-0.39, 0.29) is 41.9 Å². The van der Waals surface area contributed by atoms with Crippen LogP contribution < -0.4 is 16.0 Å². The molecule has 0 aromatic rings. The number of nitrogens with one attached hydrogen (secondary N) is 3. The van der Waals surface area contributed by atoms with Gasteiger partial charge in [-0.05, 0) is 54.8 Å². The summed E-state index contributed by atoms with van der Waals surface area (Å²) in [5.41, 5.74) is -0.684. The Balaban J connectivity index is 1.59. The van der Waals surface area contributed by atoms with Crippen LogP contribution in [0, 0.1) is 46.3 Å². The number of likely N-dealkylation sites (tertiary alicyclic amines) is 1. The Morgan fingerprint density at radius 2 is 1.97 bits per heavy atom. The summed E-state index contributed by atoms with van der Waals surface area (Å²) >= 11 is 0. The van der Waals surface area contributed by atoms with Crippen molar-refractivity contribution in [2.24, 2.45) is 35.0 Å². The molecule has 0 spiro atoms. The van der Waals surface area contributed by atoms with Crippen LogP contribution in [0.4, 0.5) is 9.18 Å². The molecule has 0 aromatic carbocycles. The van der Waals surface area contributed by atoms with Crippen molar-refractivity contribution in [3.05, 3.63) is 0 Å². The number of nitrogens with zero attached hydrogens (tertiary/aromatic N) is 2. The van der Waals surface area contributed by atoms with Crippen molar-refractivity contribution < 1.29 is 28.3 Å². The smallest absolute Gasteiger partial charge is 0.407 e. The van der Waals surface area contributed by atoms with Gasteiger partial charge in [-0.2, -0.15) is 5.26 Å². The van der Waals surface area contributed by atoms with E-state index in [0.29, 0.717) is 32.4 Å². The Bertz CT molecular complexity index is 961. The molecular weight excluding hydrogens is 469 g/mol. The minimum absolute atomic E-state index is 0.0124. The molecule has 4 fully saturated rings. The number of halogens is 1. The number of fused-ring (bicyclic) bond motifs is 5. The molecule has 9 atom stereocenters. The molecule has 2 aliphatic carbocycles. The number of alkyl carbamates (subject to hydrolysis) is 1. The number of methoxy groups -OCH3 is 1. The third-order valence-electron chi connectivity index (χ3n) is 8.54. The molecule has 2 aliphatic heterocycles. The number of carbonyl (C=O) groups excluding carboxylic acids is 4. The summed E-state index contributed by atoms with van der Waals surface area (Å²) in [7, 11) is 1.21. The second kappa shape index (κ2) is 9.87. The fraction of sp³-hybridized carbons (Fsp3) is 0.800. The standard InChI is InChI=1S/C25H36FN5O5/c1-25(2,3)20(30-24(35)36-4)23(34)31-11-16-13-8-15(17(26)9-13)18(16)19(31)22(33)29-14(10-27)7-12-5-6-28-21(12)32/h12-20H,5-9,11H2,1-4H3,(H,28,32)(H,29,33)(H,30,35). The van der Waals surface area contributed by atoms with Gasteiger partial charge in [0.05, 0.1) is 13.2 Å². The number of hydrogen-bond donors (Lipinski definition) is 3. The Kier molecular flexibility index (Phi) is 7.17. The van der Waals surface area contributed by atoms with Crippen molar-refractivity contribution in [3.63, 3.8) is 0 Å². The Hall–Kier alpha value is -2.90. The number of carbonyl (C=O) groups is 4. The summed E-state index contributed by atoms with van der Waals surface area (Å²) in [6, 6.07) is -0.757. The summed E-state index contributed by atoms with van der Waals surface area (Å²) in [4.78, 5) is 53.0. The monoisotopic (exact) mass is 505 g/mol. The van der Waals surface area contributed by atoms with E-state index in [1.54, 1.807) is 20.8 Å². The van der Waals surface area contributed by atoms with Gasteiger partial charge in [-0.1, -0.05) is 20.8 Å². The van der Waals surface area contributed by atoms with E-state index in [9.17, 15) is 28.8 Å². The van der Waals surface area contributed by atoms with Gasteiger partial charge in [0, 0.05) is 19.0 Å². The van der Waals surface area contributed by atoms with E-state index in [1.807, 2.05) is 0 Å². The zero-order chi connectivity index (χ0) is 26.4. The highest BCUT2D eigenvalue weighted by molar-refractivity contribution is 5.93. The van der Waals surface area contributed by atoms with Gasteiger partial charge in [0.1, 0.15) is 24.3 Å². The summed E-state index contributed by atoms with van der Waals surface area (Å²) in [5.74, 6) is -2.03. The lowest BCUT2D eigenvalue weighted by Crippen LogP contribution is -2.59. The molecule has 10 nitrogen and oxygen atoms in total. The number of alkyl halides is 1. The maximum Gasteiger partial charge on any atom is 0.407 e. The van der Waals surface area contributed by atoms with E-state index in [0.717, 1.165) is 0 Å². The Morgan fingerprint density at radius 3 is 2.56 bits per heavy atom. The van der Waals surface area contributed by atoms with Crippen LogP contribution in [0.3, 0.4) is 0 Å². The van der Waals surface area contributed by atoms with Gasteiger partial charge in [0.2, 0.25) is 17.7 Å². The second-order valence-electron chi connectivity index (χ2n) is 11.7. The molecule has 9 unspecified atom stereocenters. The zero-order valence-corrected chi connectivity index (χ0v) is 21.3. The molecular formula is C25H36FN5O5. The number of nitriles is 1. The van der Waals surface area contributed by atoms with Gasteiger partial charge < -0.3 is 25.6 Å². The van der Waals surface area contributed by atoms with Crippen LogP contribution in [0.5, 0.6) is 0 Å². The molecule has 2 heterocycles. The molecule has 3 N–H and O–H groups in total. The molecule has 0 aromatic heterocycles. The zero-order valence-electron chi connectivity index (χ0n) is 21.3. The van der Waals surface area contributed by atoms with Crippen molar-refractivity contribution in [2.45, 2.75) is 70.8 Å². The molecule has 0 radical (unpaired) electrons. The van der Waals surface area contributed by atoms with Gasteiger partial charge in [-0.25, -0.2) is 9.18 Å². The first-order valence-corrected chi connectivity index (χ1v) is 12.7.